The van der Waals surface area contributed by atoms with Crippen molar-refractivity contribution in [2.75, 3.05) is 26.4 Å². The molecular weight excluding hydrogens is 200 g/mol. The summed E-state index contributed by atoms with van der Waals surface area (Å²) in [6.07, 6.45) is 0. The molecule has 0 aliphatic rings. The molecule has 0 aliphatic heterocycles. The standard InChI is InChI=1S/C9H20O4Si/c1-9(10)12-7-5-11-6-8-13-14(2,3)4/h5-8H2,1-4H3. The molecule has 0 aliphatic carbocycles. The average Bonchev–Trinajstić information content (AvgIpc) is 2.00. The Morgan fingerprint density at radius 2 is 1.64 bits per heavy atom. The second-order valence-electron chi connectivity index (χ2n) is 3.91. The fraction of sp³-hybridized carbons (Fsp3) is 0.889. The second kappa shape index (κ2) is 6.97. The van der Waals surface area contributed by atoms with E-state index >= 15 is 0 Å². The van der Waals surface area contributed by atoms with Crippen LogP contribution in [0.2, 0.25) is 19.6 Å². The fourth-order valence-electron chi connectivity index (χ4n) is 0.753. The molecule has 0 aromatic rings. The summed E-state index contributed by atoms with van der Waals surface area (Å²) in [5.74, 6) is -0.271. The first-order valence-corrected chi connectivity index (χ1v) is 8.18. The van der Waals surface area contributed by atoms with E-state index in [1.54, 1.807) is 0 Å². The van der Waals surface area contributed by atoms with Gasteiger partial charge in [-0.3, -0.25) is 4.79 Å². The van der Waals surface area contributed by atoms with Gasteiger partial charge in [-0.05, 0) is 19.6 Å². The van der Waals surface area contributed by atoms with Crippen molar-refractivity contribution >= 4 is 14.3 Å². The van der Waals surface area contributed by atoms with Gasteiger partial charge in [0.05, 0.1) is 19.8 Å². The summed E-state index contributed by atoms with van der Waals surface area (Å²) in [5, 5.41) is 0. The lowest BCUT2D eigenvalue weighted by atomic mass is 10.7. The van der Waals surface area contributed by atoms with Crippen molar-refractivity contribution < 1.29 is 18.7 Å². The quantitative estimate of drug-likeness (QED) is 0.370. The molecule has 0 amide bonds. The van der Waals surface area contributed by atoms with Crippen LogP contribution in [0.15, 0.2) is 0 Å². The average molecular weight is 220 g/mol. The minimum absolute atomic E-state index is 0.271. The van der Waals surface area contributed by atoms with Crippen LogP contribution in [0, 0.1) is 0 Å². The van der Waals surface area contributed by atoms with Crippen LogP contribution in [-0.2, 0) is 18.7 Å². The maximum Gasteiger partial charge on any atom is 0.302 e. The van der Waals surface area contributed by atoms with E-state index in [0.717, 1.165) is 0 Å². The van der Waals surface area contributed by atoms with Crippen molar-refractivity contribution in [1.82, 2.24) is 0 Å². The van der Waals surface area contributed by atoms with Crippen LogP contribution in [0.5, 0.6) is 0 Å². The largest absolute Gasteiger partial charge is 0.463 e. The Kier molecular flexibility index (Phi) is 6.78. The molecule has 5 heteroatoms. The summed E-state index contributed by atoms with van der Waals surface area (Å²) in [6, 6.07) is 0. The van der Waals surface area contributed by atoms with E-state index in [9.17, 15) is 4.79 Å². The smallest absolute Gasteiger partial charge is 0.302 e. The Balaban J connectivity index is 3.11. The normalized spacial score (nSPS) is 11.4. The van der Waals surface area contributed by atoms with E-state index < -0.39 is 8.32 Å². The van der Waals surface area contributed by atoms with Crippen LogP contribution in [0.3, 0.4) is 0 Å². The molecule has 0 radical (unpaired) electrons. The minimum Gasteiger partial charge on any atom is -0.463 e. The van der Waals surface area contributed by atoms with E-state index in [0.29, 0.717) is 26.4 Å². The van der Waals surface area contributed by atoms with Crippen LogP contribution in [0.4, 0.5) is 0 Å². The molecule has 0 fully saturated rings. The van der Waals surface area contributed by atoms with Crippen molar-refractivity contribution in [1.29, 1.82) is 0 Å². The number of carbonyl (C=O) groups is 1. The zero-order chi connectivity index (χ0) is 11.0. The van der Waals surface area contributed by atoms with Crippen molar-refractivity contribution in [3.8, 4) is 0 Å². The summed E-state index contributed by atoms with van der Waals surface area (Å²) < 4.78 is 15.5. The molecule has 0 N–H and O–H groups in total. The van der Waals surface area contributed by atoms with Gasteiger partial charge < -0.3 is 13.9 Å². The van der Waals surface area contributed by atoms with Crippen LogP contribution < -0.4 is 0 Å². The van der Waals surface area contributed by atoms with Crippen molar-refractivity contribution in [3.05, 3.63) is 0 Å². The lowest BCUT2D eigenvalue weighted by Gasteiger charge is -2.16. The highest BCUT2D eigenvalue weighted by molar-refractivity contribution is 6.69. The molecular formula is C9H20O4Si. The van der Waals surface area contributed by atoms with Crippen LogP contribution in [-0.4, -0.2) is 40.7 Å². The Morgan fingerprint density at radius 1 is 1.07 bits per heavy atom. The highest BCUT2D eigenvalue weighted by atomic mass is 28.4. The van der Waals surface area contributed by atoms with E-state index in [1.165, 1.54) is 6.92 Å². The summed E-state index contributed by atoms with van der Waals surface area (Å²) >= 11 is 0. The molecule has 0 unspecified atom stereocenters. The van der Waals surface area contributed by atoms with Gasteiger partial charge in [0.2, 0.25) is 0 Å². The maximum atomic E-state index is 10.4. The third-order valence-electron chi connectivity index (χ3n) is 1.30. The Bertz CT molecular complexity index is 165. The molecule has 0 spiro atoms. The van der Waals surface area contributed by atoms with Crippen LogP contribution >= 0.6 is 0 Å². The summed E-state index contributed by atoms with van der Waals surface area (Å²) in [7, 11) is -1.41. The molecule has 0 atom stereocenters. The van der Waals surface area contributed by atoms with Crippen molar-refractivity contribution in [2.45, 2.75) is 26.6 Å². The SMILES string of the molecule is CC(=O)OCCOCCO[Si](C)(C)C. The van der Waals surface area contributed by atoms with Gasteiger partial charge in [0.25, 0.3) is 0 Å². The number of ether oxygens (including phenoxy) is 2. The van der Waals surface area contributed by atoms with Crippen LogP contribution in [0.1, 0.15) is 6.92 Å². The monoisotopic (exact) mass is 220 g/mol. The molecule has 0 saturated carbocycles. The van der Waals surface area contributed by atoms with E-state index in [-0.39, 0.29) is 5.97 Å². The third kappa shape index (κ3) is 11.6. The number of hydrogen-bond acceptors (Lipinski definition) is 4. The highest BCUT2D eigenvalue weighted by Gasteiger charge is 2.12. The van der Waals surface area contributed by atoms with Gasteiger partial charge in [0.1, 0.15) is 6.61 Å². The summed E-state index contributed by atoms with van der Waals surface area (Å²) in [4.78, 5) is 10.4. The molecule has 4 nitrogen and oxygen atoms in total. The Morgan fingerprint density at radius 3 is 2.14 bits per heavy atom. The number of carbonyl (C=O) groups excluding carboxylic acids is 1. The minimum atomic E-state index is -1.41. The van der Waals surface area contributed by atoms with Gasteiger partial charge in [-0.15, -0.1) is 0 Å². The van der Waals surface area contributed by atoms with Gasteiger partial charge >= 0.3 is 5.97 Å². The molecule has 14 heavy (non-hydrogen) atoms. The first-order valence-electron chi connectivity index (χ1n) is 4.77. The first-order chi connectivity index (χ1) is 6.42. The predicted molar refractivity (Wildman–Crippen MR) is 56.8 cm³/mol. The summed E-state index contributed by atoms with van der Waals surface area (Å²) in [5.41, 5.74) is 0. The van der Waals surface area contributed by atoms with E-state index in [4.69, 9.17) is 13.9 Å². The first kappa shape index (κ1) is 13.6. The van der Waals surface area contributed by atoms with E-state index in [1.807, 2.05) is 0 Å². The summed E-state index contributed by atoms with van der Waals surface area (Å²) in [6.45, 7) is 9.72. The zero-order valence-electron chi connectivity index (χ0n) is 9.46. The maximum absolute atomic E-state index is 10.4. The molecule has 0 rings (SSSR count). The van der Waals surface area contributed by atoms with Gasteiger partial charge in [-0.25, -0.2) is 0 Å². The van der Waals surface area contributed by atoms with Crippen molar-refractivity contribution in [3.63, 3.8) is 0 Å². The topological polar surface area (TPSA) is 44.8 Å². The number of rotatable bonds is 7. The molecule has 0 aromatic carbocycles. The number of esters is 1. The molecule has 0 heterocycles. The van der Waals surface area contributed by atoms with Crippen molar-refractivity contribution in [2.24, 2.45) is 0 Å². The lowest BCUT2D eigenvalue weighted by Crippen LogP contribution is -2.27. The van der Waals surface area contributed by atoms with E-state index in [2.05, 4.69) is 19.6 Å². The van der Waals surface area contributed by atoms with Gasteiger partial charge in [-0.2, -0.15) is 0 Å². The molecule has 84 valence electrons. The Labute approximate surface area is 86.7 Å². The lowest BCUT2D eigenvalue weighted by molar-refractivity contribution is -0.142. The van der Waals surface area contributed by atoms with Crippen LogP contribution in [0.25, 0.3) is 0 Å². The number of hydrogen-bond donors (Lipinski definition) is 0. The highest BCUT2D eigenvalue weighted by Crippen LogP contribution is 2.01. The molecule has 0 saturated heterocycles. The Hall–Kier alpha value is -0.393. The van der Waals surface area contributed by atoms with Gasteiger partial charge in [0.15, 0.2) is 8.32 Å². The fourth-order valence-corrected chi connectivity index (χ4v) is 1.45. The predicted octanol–water partition coefficient (Wildman–Crippen LogP) is 1.42. The molecule has 0 bridgehead atoms. The molecule has 0 aromatic heterocycles. The third-order valence-corrected chi connectivity index (χ3v) is 2.37. The second-order valence-corrected chi connectivity index (χ2v) is 8.43. The van der Waals surface area contributed by atoms with Gasteiger partial charge in [0, 0.05) is 6.92 Å². The zero-order valence-corrected chi connectivity index (χ0v) is 10.5. The van der Waals surface area contributed by atoms with Gasteiger partial charge in [-0.1, -0.05) is 0 Å².